The molecule has 0 aliphatic heterocycles. The number of hydrogen-bond donors (Lipinski definition) is 3. The van der Waals surface area contributed by atoms with E-state index in [1.165, 1.54) is 31.2 Å². The molecule has 0 bridgehead atoms. The number of benzene rings is 3. The van der Waals surface area contributed by atoms with Gasteiger partial charge in [-0.25, -0.2) is 0 Å². The van der Waals surface area contributed by atoms with Crippen molar-refractivity contribution in [3.63, 3.8) is 0 Å². The molecule has 3 aromatic rings. The first-order chi connectivity index (χ1) is 18.1. The molecule has 0 fully saturated rings. The predicted molar refractivity (Wildman–Crippen MR) is 141 cm³/mol. The van der Waals surface area contributed by atoms with Gasteiger partial charge in [-0.2, -0.15) is 13.2 Å². The van der Waals surface area contributed by atoms with Gasteiger partial charge in [-0.15, -0.1) is 0 Å². The molecule has 0 radical (unpaired) electrons. The third kappa shape index (κ3) is 7.57. The van der Waals surface area contributed by atoms with Gasteiger partial charge in [0, 0.05) is 29.9 Å². The number of nitrogens with one attached hydrogen (secondary N) is 2. The van der Waals surface area contributed by atoms with Crippen LogP contribution in [0.25, 0.3) is 5.57 Å². The molecule has 3 N–H and O–H groups in total. The van der Waals surface area contributed by atoms with Gasteiger partial charge >= 0.3 is 6.18 Å². The molecule has 3 rings (SSSR count). The van der Waals surface area contributed by atoms with Crippen molar-refractivity contribution in [2.45, 2.75) is 26.6 Å². The standard InChI is InChI=1S/C29H27F3N2O4/c1-3-38-23-16-12-21(13-17-23)24(20-10-14-22(15-11-20)29(30,31)32)6-4-9-28(37)34-27-8-5-7-26(25(27)18-35)33-19(2)36/h4-17,35H,3,18H2,1-2H3,(H,33,36)(H,34,37)/b9-4+,24-6-. The van der Waals surface area contributed by atoms with E-state index in [2.05, 4.69) is 10.6 Å². The number of carbonyl (C=O) groups is 2. The topological polar surface area (TPSA) is 87.7 Å². The van der Waals surface area contributed by atoms with Gasteiger partial charge in [0.1, 0.15) is 5.75 Å². The van der Waals surface area contributed by atoms with E-state index < -0.39 is 24.3 Å². The fraction of sp³-hybridized carbons (Fsp3) is 0.172. The largest absolute Gasteiger partial charge is 0.494 e. The van der Waals surface area contributed by atoms with Gasteiger partial charge < -0.3 is 20.5 Å². The molecule has 0 aromatic heterocycles. The number of allylic oxidation sites excluding steroid dienone is 2. The number of aliphatic hydroxyl groups is 1. The summed E-state index contributed by atoms with van der Waals surface area (Å²) in [6, 6.07) is 16.7. The summed E-state index contributed by atoms with van der Waals surface area (Å²) in [5, 5.41) is 15.0. The van der Waals surface area contributed by atoms with Crippen LogP contribution in [0.5, 0.6) is 5.75 Å². The van der Waals surface area contributed by atoms with E-state index in [4.69, 9.17) is 4.74 Å². The van der Waals surface area contributed by atoms with Gasteiger partial charge in [0.25, 0.3) is 0 Å². The second-order valence-electron chi connectivity index (χ2n) is 8.13. The van der Waals surface area contributed by atoms with E-state index in [0.717, 1.165) is 12.1 Å². The summed E-state index contributed by atoms with van der Waals surface area (Å²) in [6.07, 6.45) is -0.0945. The number of rotatable bonds is 9. The molecule has 0 spiro atoms. The Morgan fingerprint density at radius 3 is 2.03 bits per heavy atom. The summed E-state index contributed by atoms with van der Waals surface area (Å²) in [5.74, 6) is -0.174. The van der Waals surface area contributed by atoms with Crippen LogP contribution < -0.4 is 15.4 Å². The van der Waals surface area contributed by atoms with Gasteiger partial charge in [0.15, 0.2) is 0 Å². The highest BCUT2D eigenvalue weighted by atomic mass is 19.4. The zero-order valence-corrected chi connectivity index (χ0v) is 20.8. The van der Waals surface area contributed by atoms with Crippen LogP contribution in [0.2, 0.25) is 0 Å². The lowest BCUT2D eigenvalue weighted by molar-refractivity contribution is -0.137. The highest BCUT2D eigenvalue weighted by Crippen LogP contribution is 2.32. The Morgan fingerprint density at radius 2 is 1.50 bits per heavy atom. The molecule has 198 valence electrons. The normalized spacial score (nSPS) is 11.9. The number of carbonyl (C=O) groups excluding carboxylic acids is 2. The summed E-state index contributed by atoms with van der Waals surface area (Å²) >= 11 is 0. The van der Waals surface area contributed by atoms with Gasteiger partial charge in [-0.3, -0.25) is 9.59 Å². The fourth-order valence-corrected chi connectivity index (χ4v) is 3.68. The lowest BCUT2D eigenvalue weighted by Gasteiger charge is -2.13. The molecule has 0 aliphatic rings. The van der Waals surface area contributed by atoms with Crippen LogP contribution in [-0.2, 0) is 22.4 Å². The van der Waals surface area contributed by atoms with Crippen LogP contribution in [-0.4, -0.2) is 23.5 Å². The molecular weight excluding hydrogens is 497 g/mol. The fourth-order valence-electron chi connectivity index (χ4n) is 3.68. The minimum absolute atomic E-state index is 0.321. The summed E-state index contributed by atoms with van der Waals surface area (Å²) < 4.78 is 44.6. The van der Waals surface area contributed by atoms with E-state index in [-0.39, 0.29) is 5.91 Å². The van der Waals surface area contributed by atoms with Crippen molar-refractivity contribution in [1.29, 1.82) is 0 Å². The molecule has 3 aromatic carbocycles. The Kier molecular flexibility index (Phi) is 9.45. The average molecular weight is 525 g/mol. The molecule has 38 heavy (non-hydrogen) atoms. The maximum atomic E-state index is 13.1. The highest BCUT2D eigenvalue weighted by molar-refractivity contribution is 6.01. The Hall–Kier alpha value is -4.37. The second kappa shape index (κ2) is 12.7. The molecular formula is C29H27F3N2O4. The van der Waals surface area contributed by atoms with E-state index in [0.29, 0.717) is 46.0 Å². The smallest absolute Gasteiger partial charge is 0.416 e. The first-order valence-electron chi connectivity index (χ1n) is 11.7. The maximum absolute atomic E-state index is 13.1. The molecule has 0 aliphatic carbocycles. The third-order valence-corrected chi connectivity index (χ3v) is 5.41. The molecule has 0 saturated heterocycles. The zero-order chi connectivity index (χ0) is 27.7. The monoisotopic (exact) mass is 524 g/mol. The first kappa shape index (κ1) is 28.2. The summed E-state index contributed by atoms with van der Waals surface area (Å²) in [6.45, 7) is 3.27. The molecule has 9 heteroatoms. The van der Waals surface area contributed by atoms with E-state index in [1.807, 2.05) is 6.92 Å². The summed E-state index contributed by atoms with van der Waals surface area (Å²) in [5.41, 5.74) is 2.12. The lowest BCUT2D eigenvalue weighted by atomic mass is 9.96. The van der Waals surface area contributed by atoms with Crippen molar-refractivity contribution in [3.8, 4) is 5.75 Å². The zero-order valence-electron chi connectivity index (χ0n) is 20.8. The lowest BCUT2D eigenvalue weighted by Crippen LogP contribution is -2.13. The Bertz CT molecular complexity index is 1330. The van der Waals surface area contributed by atoms with Crippen LogP contribution in [0.15, 0.2) is 85.0 Å². The van der Waals surface area contributed by atoms with E-state index in [1.54, 1.807) is 48.5 Å². The van der Waals surface area contributed by atoms with Crippen molar-refractivity contribution in [3.05, 3.63) is 107 Å². The van der Waals surface area contributed by atoms with Crippen molar-refractivity contribution in [2.75, 3.05) is 17.2 Å². The van der Waals surface area contributed by atoms with Crippen molar-refractivity contribution in [1.82, 2.24) is 0 Å². The molecule has 0 heterocycles. The quantitative estimate of drug-likeness (QED) is 0.230. The van der Waals surface area contributed by atoms with Crippen molar-refractivity contribution >= 4 is 28.8 Å². The van der Waals surface area contributed by atoms with Crippen LogP contribution in [0.3, 0.4) is 0 Å². The average Bonchev–Trinajstić information content (AvgIpc) is 2.87. The minimum atomic E-state index is -4.45. The van der Waals surface area contributed by atoms with Gasteiger partial charge in [0.2, 0.25) is 11.8 Å². The first-order valence-corrected chi connectivity index (χ1v) is 11.7. The van der Waals surface area contributed by atoms with E-state index in [9.17, 15) is 27.9 Å². The third-order valence-electron chi connectivity index (χ3n) is 5.41. The Morgan fingerprint density at radius 1 is 0.921 bits per heavy atom. The number of aliphatic hydroxyl groups excluding tert-OH is 1. The highest BCUT2D eigenvalue weighted by Gasteiger charge is 2.30. The van der Waals surface area contributed by atoms with Crippen molar-refractivity contribution < 1.29 is 32.6 Å². The number of anilines is 2. The van der Waals surface area contributed by atoms with E-state index >= 15 is 0 Å². The van der Waals surface area contributed by atoms with Crippen LogP contribution in [0, 0.1) is 0 Å². The Labute approximate surface area is 218 Å². The van der Waals surface area contributed by atoms with Gasteiger partial charge in [-0.1, -0.05) is 42.5 Å². The molecule has 0 atom stereocenters. The SMILES string of the molecule is CCOc1ccc(/C(=C\C=C\C(=O)Nc2cccc(NC(C)=O)c2CO)c2ccc(C(F)(F)F)cc2)cc1. The van der Waals surface area contributed by atoms with Crippen LogP contribution in [0.1, 0.15) is 36.1 Å². The van der Waals surface area contributed by atoms with Gasteiger partial charge in [0.05, 0.1) is 18.8 Å². The maximum Gasteiger partial charge on any atom is 0.416 e. The number of halogens is 3. The molecule has 0 unspecified atom stereocenters. The number of amides is 2. The van der Waals surface area contributed by atoms with Crippen LogP contribution in [0.4, 0.5) is 24.5 Å². The minimum Gasteiger partial charge on any atom is -0.494 e. The number of hydrogen-bond acceptors (Lipinski definition) is 4. The molecule has 0 saturated carbocycles. The molecule has 6 nitrogen and oxygen atoms in total. The number of ether oxygens (including phenoxy) is 1. The summed E-state index contributed by atoms with van der Waals surface area (Å²) in [7, 11) is 0. The van der Waals surface area contributed by atoms with Crippen LogP contribution >= 0.6 is 0 Å². The predicted octanol–water partition coefficient (Wildman–Crippen LogP) is 6.18. The second-order valence-corrected chi connectivity index (χ2v) is 8.13. The van der Waals surface area contributed by atoms with Crippen molar-refractivity contribution in [2.24, 2.45) is 0 Å². The molecule has 2 amide bonds. The Balaban J connectivity index is 1.89. The summed E-state index contributed by atoms with van der Waals surface area (Å²) in [4.78, 5) is 24.0. The number of alkyl halides is 3. The van der Waals surface area contributed by atoms with Gasteiger partial charge in [-0.05, 0) is 60.0 Å².